The Labute approximate surface area is 640 Å². The number of hydrogen-bond acceptors (Lipinski definition) is 3. The van der Waals surface area contributed by atoms with Crippen molar-refractivity contribution in [3.05, 3.63) is 336 Å². The Hall–Kier alpha value is -11.9. The molecule has 5 nitrogen and oxygen atoms in total. The van der Waals surface area contributed by atoms with Gasteiger partial charge in [-0.2, -0.15) is 0 Å². The molecule has 0 saturated carbocycles. The summed E-state index contributed by atoms with van der Waals surface area (Å²) in [6, 6.07) is 71.3. The minimum atomic E-state index is -0.574. The van der Waals surface area contributed by atoms with Crippen LogP contribution in [-0.2, 0) is 21.7 Å². The van der Waals surface area contributed by atoms with E-state index in [4.69, 9.17) is 14.0 Å². The number of fused-ring (bicyclic) bond motifs is 13. The van der Waals surface area contributed by atoms with E-state index in [9.17, 15) is 8.22 Å². The van der Waals surface area contributed by atoms with Crippen LogP contribution in [0.3, 0.4) is 0 Å². The minimum absolute atomic E-state index is 0.0341. The predicted octanol–water partition coefficient (Wildman–Crippen LogP) is 28.4. The van der Waals surface area contributed by atoms with Gasteiger partial charge < -0.3 is 23.4 Å². The van der Waals surface area contributed by atoms with Gasteiger partial charge in [-0.05, 0) is 190 Å². The van der Waals surface area contributed by atoms with Crippen LogP contribution < -0.4 is 9.80 Å². The zero-order chi connectivity index (χ0) is 83.8. The second kappa shape index (κ2) is 23.8. The number of rotatable bonds is 8. The molecule has 17 aromatic rings. The van der Waals surface area contributed by atoms with Gasteiger partial charge in [-0.25, -0.2) is 0 Å². The average molecular weight is 1380 g/mol. The maximum Gasteiger partial charge on any atom is 0.159 e. The third-order valence-corrected chi connectivity index (χ3v) is 22.0. The van der Waals surface area contributed by atoms with E-state index < -0.39 is 72.4 Å². The zero-order valence-corrected chi connectivity index (χ0v) is 61.6. The van der Waals surface area contributed by atoms with Gasteiger partial charge in [-0.3, -0.25) is 0 Å². The summed E-state index contributed by atoms with van der Waals surface area (Å²) in [6.07, 6.45) is 0. The third-order valence-electron chi connectivity index (χ3n) is 22.0. The highest BCUT2D eigenvalue weighted by atomic mass is 16.3. The molecule has 0 saturated heterocycles. The molecule has 0 amide bonds. The lowest BCUT2D eigenvalue weighted by Crippen LogP contribution is -2.29. The Morgan fingerprint density at radius 1 is 0.274 bits per heavy atom. The fourth-order valence-corrected chi connectivity index (χ4v) is 16.4. The van der Waals surface area contributed by atoms with Crippen LogP contribution in [0.4, 0.5) is 34.1 Å². The second-order valence-corrected chi connectivity index (χ2v) is 32.8. The van der Waals surface area contributed by atoms with Gasteiger partial charge in [-0.15, -0.1) is 0 Å². The molecular weight excluding hydrogens is 1290 g/mol. The first-order chi connectivity index (χ1) is 56.5. The number of hydrogen-bond donors (Lipinski definition) is 0. The van der Waals surface area contributed by atoms with E-state index in [1.54, 1.807) is 6.07 Å². The van der Waals surface area contributed by atoms with Crippen molar-refractivity contribution >= 4 is 99.7 Å². The molecule has 0 N–H and O–H groups in total. The molecule has 0 fully saturated rings. The lowest BCUT2D eigenvalue weighted by molar-refractivity contribution is 0.590. The SMILES string of the molecule is [2H]c1c([2H])c([2H])c(-c2ccc3c(c2)N(c2cc(-c4ccccc4)cc(-c4ccc(C(C)(C)C)cc4)c2)c2cc(-n4c5ccc(C(C)(C)C)cc5c5cc(C(C)(C)C)ccc54)cc4c2C3c2ccc(-c3cccc(C(C)(C)C)c3)cc2N4c2cccc3c2oc2c(-n4c5c([2H])c([2H])c([2H])c([2H])c5c5c([2H])c([2H])c([2H])c([2H])c54)cccc23)c([2H])c1[2H]. The Balaban J connectivity index is 0.986. The van der Waals surface area contributed by atoms with Crippen molar-refractivity contribution < 1.29 is 22.2 Å². The Morgan fingerprint density at radius 2 is 0.736 bits per heavy atom. The highest BCUT2D eigenvalue weighted by Gasteiger charge is 2.43. The lowest BCUT2D eigenvalue weighted by atomic mass is 9.74. The molecule has 19 rings (SSSR count). The van der Waals surface area contributed by atoms with Crippen LogP contribution in [0.5, 0.6) is 0 Å². The number of aromatic nitrogens is 2. The van der Waals surface area contributed by atoms with E-state index in [1.165, 1.54) is 21.3 Å². The van der Waals surface area contributed by atoms with Crippen LogP contribution in [0.2, 0.25) is 0 Å². The Bertz CT molecular complexity index is 7090. The van der Waals surface area contributed by atoms with Crippen molar-refractivity contribution in [2.75, 3.05) is 9.80 Å². The van der Waals surface area contributed by atoms with Crippen molar-refractivity contribution in [1.82, 2.24) is 9.13 Å². The molecule has 106 heavy (non-hydrogen) atoms. The normalized spacial score (nSPS) is 15.6. The van der Waals surface area contributed by atoms with Crippen molar-refractivity contribution in [1.29, 1.82) is 0 Å². The third kappa shape index (κ3) is 10.5. The van der Waals surface area contributed by atoms with Gasteiger partial charge in [0, 0.05) is 49.5 Å². The largest absolute Gasteiger partial charge is 0.452 e. The topological polar surface area (TPSA) is 29.5 Å². The summed E-state index contributed by atoms with van der Waals surface area (Å²) in [5.41, 5.74) is 21.1. The molecule has 516 valence electrons. The molecule has 2 aliphatic rings. The lowest BCUT2D eigenvalue weighted by Gasteiger charge is -2.45. The predicted molar refractivity (Wildman–Crippen MR) is 449 cm³/mol. The van der Waals surface area contributed by atoms with Crippen LogP contribution in [-0.4, -0.2) is 9.13 Å². The molecule has 1 atom stereocenters. The van der Waals surface area contributed by atoms with Crippen LogP contribution in [0.1, 0.15) is 146 Å². The molecule has 0 aliphatic carbocycles. The van der Waals surface area contributed by atoms with E-state index in [1.807, 2.05) is 54.6 Å². The van der Waals surface area contributed by atoms with Gasteiger partial charge in [0.2, 0.25) is 0 Å². The van der Waals surface area contributed by atoms with Crippen LogP contribution >= 0.6 is 0 Å². The van der Waals surface area contributed by atoms with Gasteiger partial charge in [0.1, 0.15) is 0 Å². The summed E-state index contributed by atoms with van der Waals surface area (Å²) >= 11 is 0. The standard InChI is InChI=1S/C101H86N4O/c1-98(2,3)70-44-40-64(41-45-70)69-52-68(63-28-17-14-18-29-63)54-74(55-69)103-90-56-66(62-26-15-13-16-27-62)42-48-80(90)94-81-49-43-67(65-30-23-31-71(53-65)99(4,5)6)57-91(81)105(89-39-25-35-79-78-34-24-38-88(96(78)106-97(79)89)104-84-36-21-19-32-76(84)77-33-20-22-37-85(77)104)93-61-75(60-92(103)95(93)94)102-86-50-46-72(100(7,8)9)58-82(86)83-59-73(101(10,11)12)47-51-87(83)102/h13-61,94H,1-12H3/i13D,15D,16D,19D,20D,21D,22D,26D,27D,32D,33D,36D,37D. The van der Waals surface area contributed by atoms with Crippen molar-refractivity contribution in [3.8, 4) is 55.9 Å². The maximum absolute atomic E-state index is 9.64. The summed E-state index contributed by atoms with van der Waals surface area (Å²) in [7, 11) is 0. The van der Waals surface area contributed by atoms with Crippen molar-refractivity contribution in [2.24, 2.45) is 0 Å². The summed E-state index contributed by atoms with van der Waals surface area (Å²) in [4.78, 5) is 4.66. The second-order valence-electron chi connectivity index (χ2n) is 32.8. The minimum Gasteiger partial charge on any atom is -0.452 e. The summed E-state index contributed by atoms with van der Waals surface area (Å²) in [6.45, 7) is 26.7. The van der Waals surface area contributed by atoms with E-state index in [0.29, 0.717) is 38.9 Å². The molecule has 0 bridgehead atoms. The van der Waals surface area contributed by atoms with Crippen LogP contribution in [0, 0.1) is 0 Å². The maximum atomic E-state index is 9.64. The number of benzene rings is 14. The van der Waals surface area contributed by atoms with Gasteiger partial charge in [-0.1, -0.05) is 289 Å². The monoisotopic (exact) mass is 1380 g/mol. The molecule has 5 heterocycles. The van der Waals surface area contributed by atoms with Gasteiger partial charge >= 0.3 is 0 Å². The first-order valence-corrected chi connectivity index (χ1v) is 36.6. The smallest absolute Gasteiger partial charge is 0.159 e. The molecule has 3 aromatic heterocycles. The molecule has 14 aromatic carbocycles. The molecule has 1 unspecified atom stereocenters. The van der Waals surface area contributed by atoms with Gasteiger partial charge in [0.15, 0.2) is 11.2 Å². The average Bonchev–Trinajstić information content (AvgIpc) is 1.69. The van der Waals surface area contributed by atoms with Crippen molar-refractivity contribution in [2.45, 2.75) is 111 Å². The molecular formula is C101H86N4O. The zero-order valence-electron chi connectivity index (χ0n) is 74.6. The molecule has 0 radical (unpaired) electrons. The van der Waals surface area contributed by atoms with E-state index in [0.717, 1.165) is 106 Å². The van der Waals surface area contributed by atoms with Gasteiger partial charge in [0.25, 0.3) is 0 Å². The van der Waals surface area contributed by atoms with Gasteiger partial charge in [0.05, 0.1) is 79.7 Å². The fourth-order valence-electron chi connectivity index (χ4n) is 16.4. The number of para-hydroxylation sites is 4. The molecule has 5 heteroatoms. The van der Waals surface area contributed by atoms with Crippen molar-refractivity contribution in [3.63, 3.8) is 0 Å². The first-order valence-electron chi connectivity index (χ1n) is 43.1. The van der Waals surface area contributed by atoms with Crippen LogP contribution in [0.25, 0.3) is 121 Å². The summed E-state index contributed by atoms with van der Waals surface area (Å²) < 4.78 is 132. The number of nitrogens with zero attached hydrogens (tertiary/aromatic N) is 4. The Morgan fingerprint density at radius 3 is 1.32 bits per heavy atom. The number of anilines is 6. The van der Waals surface area contributed by atoms with E-state index in [-0.39, 0.29) is 66.8 Å². The van der Waals surface area contributed by atoms with E-state index >= 15 is 0 Å². The molecule has 2 aliphatic heterocycles. The summed E-state index contributed by atoms with van der Waals surface area (Å²) in [5.74, 6) is -0.574. The van der Waals surface area contributed by atoms with Crippen LogP contribution in [0.15, 0.2) is 301 Å². The first kappa shape index (κ1) is 52.1. The summed E-state index contributed by atoms with van der Waals surface area (Å²) in [5, 5.41) is 3.37. The number of furan rings is 1. The fraction of sp³-hybridized carbons (Fsp3) is 0.168. The molecule has 0 spiro atoms. The highest BCUT2D eigenvalue weighted by Crippen LogP contribution is 2.63. The van der Waals surface area contributed by atoms with E-state index in [2.05, 4.69) is 255 Å². The quantitative estimate of drug-likeness (QED) is 0.152. The Kier molecular flexibility index (Phi) is 11.7. The highest BCUT2D eigenvalue weighted by molar-refractivity contribution is 6.16.